The molecule has 0 radical (unpaired) electrons. The fraction of sp³-hybridized carbons (Fsp3) is 0.467. The number of imidazole rings is 1. The first-order valence-electron chi connectivity index (χ1n) is 6.82. The lowest BCUT2D eigenvalue weighted by Gasteiger charge is -2.12. The number of nitrogens with zero attached hydrogens (tertiary/aromatic N) is 2. The Hall–Kier alpha value is -1.49. The van der Waals surface area contributed by atoms with Crippen LogP contribution in [0.3, 0.4) is 0 Å². The first-order chi connectivity index (χ1) is 9.58. The summed E-state index contributed by atoms with van der Waals surface area (Å²) in [7, 11) is 0. The molecule has 1 heterocycles. The summed E-state index contributed by atoms with van der Waals surface area (Å²) in [5.41, 5.74) is 1.87. The zero-order valence-electron chi connectivity index (χ0n) is 12.1. The van der Waals surface area contributed by atoms with E-state index in [1.165, 1.54) is 0 Å². The average molecular weight is 292 g/mol. The van der Waals surface area contributed by atoms with Crippen molar-refractivity contribution in [3.63, 3.8) is 0 Å². The Morgan fingerprint density at radius 2 is 2.25 bits per heavy atom. The second kappa shape index (κ2) is 6.31. The van der Waals surface area contributed by atoms with Gasteiger partial charge in [-0.25, -0.2) is 9.78 Å². The third-order valence-electron chi connectivity index (χ3n) is 3.55. The highest BCUT2D eigenvalue weighted by molar-refractivity contribution is 7.99. The zero-order valence-corrected chi connectivity index (χ0v) is 12.9. The molecule has 0 aliphatic heterocycles. The molecule has 1 N–H and O–H groups in total. The zero-order chi connectivity index (χ0) is 14.7. The number of aryl methyl sites for hydroxylation is 2. The van der Waals surface area contributed by atoms with E-state index < -0.39 is 5.97 Å². The minimum atomic E-state index is -0.891. The number of para-hydroxylation sites is 1. The molecule has 4 nitrogen and oxygen atoms in total. The first kappa shape index (κ1) is 14.9. The number of carboxylic acid groups (broad SMARTS) is 1. The van der Waals surface area contributed by atoms with E-state index in [1.54, 1.807) is 12.1 Å². The van der Waals surface area contributed by atoms with Crippen molar-refractivity contribution in [1.82, 2.24) is 9.55 Å². The molecule has 0 aliphatic carbocycles. The monoisotopic (exact) mass is 292 g/mol. The Morgan fingerprint density at radius 1 is 1.50 bits per heavy atom. The van der Waals surface area contributed by atoms with E-state index in [2.05, 4.69) is 29.7 Å². The van der Waals surface area contributed by atoms with Crippen LogP contribution in [0.4, 0.5) is 0 Å². The van der Waals surface area contributed by atoms with E-state index >= 15 is 0 Å². The van der Waals surface area contributed by atoms with Crippen LogP contribution in [0.15, 0.2) is 18.2 Å². The number of hydrogen-bond acceptors (Lipinski definition) is 3. The summed E-state index contributed by atoms with van der Waals surface area (Å²) in [5, 5.41) is 9.92. The molecule has 2 aromatic rings. The van der Waals surface area contributed by atoms with E-state index in [0.29, 0.717) is 10.8 Å². The number of benzene rings is 1. The molecular weight excluding hydrogens is 272 g/mol. The molecule has 20 heavy (non-hydrogen) atoms. The molecule has 0 bridgehead atoms. The van der Waals surface area contributed by atoms with Gasteiger partial charge in [-0.15, -0.1) is 0 Å². The molecule has 1 aromatic heterocycles. The standard InChI is InChI=1S/C15H20N2O2S/c1-4-13-16-12-7-5-6-11(15(18)19)14(12)17(13)9-8-10(2)20-3/h5-7,10H,4,8-9H2,1-3H3,(H,18,19). The molecule has 2 rings (SSSR count). The van der Waals surface area contributed by atoms with Gasteiger partial charge in [0.15, 0.2) is 0 Å². The minimum Gasteiger partial charge on any atom is -0.478 e. The summed E-state index contributed by atoms with van der Waals surface area (Å²) in [4.78, 5) is 16.0. The van der Waals surface area contributed by atoms with Crippen LogP contribution in [0.2, 0.25) is 0 Å². The predicted octanol–water partition coefficient (Wildman–Crippen LogP) is 3.44. The Bertz CT molecular complexity index is 622. The van der Waals surface area contributed by atoms with Crippen LogP contribution in [0.25, 0.3) is 11.0 Å². The van der Waals surface area contributed by atoms with Crippen molar-refractivity contribution in [2.24, 2.45) is 0 Å². The lowest BCUT2D eigenvalue weighted by atomic mass is 10.2. The summed E-state index contributed by atoms with van der Waals surface area (Å²) >= 11 is 1.83. The Balaban J connectivity index is 2.51. The van der Waals surface area contributed by atoms with Gasteiger partial charge in [-0.2, -0.15) is 11.8 Å². The van der Waals surface area contributed by atoms with Crippen LogP contribution < -0.4 is 0 Å². The number of rotatable bonds is 6. The third kappa shape index (κ3) is 2.82. The van der Waals surface area contributed by atoms with Crippen LogP contribution in [0.5, 0.6) is 0 Å². The van der Waals surface area contributed by atoms with E-state index in [1.807, 2.05) is 17.8 Å². The molecule has 108 valence electrons. The van der Waals surface area contributed by atoms with Gasteiger partial charge in [0.05, 0.1) is 16.6 Å². The summed E-state index contributed by atoms with van der Waals surface area (Å²) < 4.78 is 2.07. The topological polar surface area (TPSA) is 55.1 Å². The number of hydrogen-bond donors (Lipinski definition) is 1. The van der Waals surface area contributed by atoms with E-state index in [4.69, 9.17) is 0 Å². The predicted molar refractivity (Wildman–Crippen MR) is 83.7 cm³/mol. The Labute approximate surface area is 123 Å². The van der Waals surface area contributed by atoms with Gasteiger partial charge in [0.25, 0.3) is 0 Å². The van der Waals surface area contributed by atoms with Gasteiger partial charge in [-0.05, 0) is 24.8 Å². The second-order valence-corrected chi connectivity index (χ2v) is 6.12. The molecule has 0 aliphatic rings. The highest BCUT2D eigenvalue weighted by Crippen LogP contribution is 2.23. The number of carboxylic acids is 1. The van der Waals surface area contributed by atoms with E-state index in [0.717, 1.165) is 36.2 Å². The van der Waals surface area contributed by atoms with Gasteiger partial charge in [0.1, 0.15) is 5.82 Å². The molecule has 1 atom stereocenters. The van der Waals surface area contributed by atoms with Gasteiger partial charge in [0.2, 0.25) is 0 Å². The normalized spacial score (nSPS) is 12.8. The number of thioether (sulfide) groups is 1. The molecule has 0 saturated carbocycles. The molecular formula is C15H20N2O2S. The smallest absolute Gasteiger partial charge is 0.337 e. The van der Waals surface area contributed by atoms with Gasteiger partial charge >= 0.3 is 5.97 Å². The molecule has 1 unspecified atom stereocenters. The van der Waals surface area contributed by atoms with Crippen molar-refractivity contribution in [3.8, 4) is 0 Å². The van der Waals surface area contributed by atoms with Crippen molar-refractivity contribution >= 4 is 28.8 Å². The Morgan fingerprint density at radius 3 is 2.85 bits per heavy atom. The lowest BCUT2D eigenvalue weighted by molar-refractivity contribution is 0.0698. The Kier molecular flexibility index (Phi) is 4.70. The largest absolute Gasteiger partial charge is 0.478 e. The fourth-order valence-corrected chi connectivity index (χ4v) is 2.69. The van der Waals surface area contributed by atoms with Crippen molar-refractivity contribution in [2.75, 3.05) is 6.26 Å². The van der Waals surface area contributed by atoms with Crippen molar-refractivity contribution in [3.05, 3.63) is 29.6 Å². The maximum atomic E-state index is 11.4. The fourth-order valence-electron chi connectivity index (χ4n) is 2.35. The molecule has 0 spiro atoms. The molecule has 1 aromatic carbocycles. The van der Waals surface area contributed by atoms with Gasteiger partial charge in [-0.3, -0.25) is 0 Å². The molecule has 5 heteroatoms. The van der Waals surface area contributed by atoms with Crippen LogP contribution in [0.1, 0.15) is 36.5 Å². The number of aromatic carboxylic acids is 1. The number of fused-ring (bicyclic) bond motifs is 1. The van der Waals surface area contributed by atoms with Crippen LogP contribution in [-0.4, -0.2) is 32.1 Å². The van der Waals surface area contributed by atoms with E-state index in [9.17, 15) is 9.90 Å². The maximum absolute atomic E-state index is 11.4. The maximum Gasteiger partial charge on any atom is 0.337 e. The molecule has 0 fully saturated rings. The SMILES string of the molecule is CCc1nc2cccc(C(=O)O)c2n1CCC(C)SC. The van der Waals surface area contributed by atoms with Gasteiger partial charge in [-0.1, -0.05) is 19.9 Å². The average Bonchev–Trinajstić information content (AvgIpc) is 2.82. The van der Waals surface area contributed by atoms with Crippen molar-refractivity contribution in [2.45, 2.75) is 38.5 Å². The lowest BCUT2D eigenvalue weighted by Crippen LogP contribution is -2.10. The van der Waals surface area contributed by atoms with Crippen LogP contribution in [0, 0.1) is 0 Å². The number of aromatic nitrogens is 2. The number of carbonyl (C=O) groups is 1. The first-order valence-corrected chi connectivity index (χ1v) is 8.11. The van der Waals surface area contributed by atoms with E-state index in [-0.39, 0.29) is 0 Å². The van der Waals surface area contributed by atoms with Gasteiger partial charge in [0, 0.05) is 18.2 Å². The summed E-state index contributed by atoms with van der Waals surface area (Å²) in [6, 6.07) is 5.29. The third-order valence-corrected chi connectivity index (χ3v) is 4.59. The van der Waals surface area contributed by atoms with Crippen LogP contribution in [-0.2, 0) is 13.0 Å². The highest BCUT2D eigenvalue weighted by atomic mass is 32.2. The van der Waals surface area contributed by atoms with Crippen molar-refractivity contribution < 1.29 is 9.90 Å². The summed E-state index contributed by atoms with van der Waals surface area (Å²) in [6.45, 7) is 5.05. The molecule has 0 amide bonds. The quantitative estimate of drug-likeness (QED) is 0.886. The van der Waals surface area contributed by atoms with Gasteiger partial charge < -0.3 is 9.67 Å². The minimum absolute atomic E-state index is 0.339. The second-order valence-electron chi connectivity index (χ2n) is 4.85. The van der Waals surface area contributed by atoms with Crippen molar-refractivity contribution in [1.29, 1.82) is 0 Å². The summed E-state index contributed by atoms with van der Waals surface area (Å²) in [5.74, 6) is 0.0688. The molecule has 0 saturated heterocycles. The summed E-state index contributed by atoms with van der Waals surface area (Å²) in [6.07, 6.45) is 3.91. The highest BCUT2D eigenvalue weighted by Gasteiger charge is 2.17. The van der Waals surface area contributed by atoms with Crippen LogP contribution >= 0.6 is 11.8 Å².